The summed E-state index contributed by atoms with van der Waals surface area (Å²) in [6.07, 6.45) is 1.68. The van der Waals surface area contributed by atoms with Gasteiger partial charge < -0.3 is 14.6 Å². The molecular weight excluding hydrogens is 238 g/mol. The average molecular weight is 255 g/mol. The van der Waals surface area contributed by atoms with E-state index in [4.69, 9.17) is 14.6 Å². The van der Waals surface area contributed by atoms with E-state index in [0.29, 0.717) is 12.8 Å². The molecule has 2 aliphatic heterocycles. The van der Waals surface area contributed by atoms with Crippen LogP contribution in [0.15, 0.2) is 12.7 Å². The Morgan fingerprint density at radius 3 is 2.89 bits per heavy atom. The fraction of sp³-hybridized carbons (Fsp3) is 0.667. The highest BCUT2D eigenvalue weighted by atomic mass is 16.6. The molecule has 4 atom stereocenters. The number of aliphatic carboxylic acids is 1. The minimum Gasteiger partial charge on any atom is -0.480 e. The third-order valence-electron chi connectivity index (χ3n) is 3.38. The lowest BCUT2D eigenvalue weighted by atomic mass is 10.1. The lowest BCUT2D eigenvalue weighted by Crippen LogP contribution is -2.45. The van der Waals surface area contributed by atoms with Gasteiger partial charge in [-0.15, -0.1) is 0 Å². The van der Waals surface area contributed by atoms with Gasteiger partial charge in [-0.2, -0.15) is 0 Å². The number of likely N-dealkylation sites (tertiary alicyclic amines) is 1. The van der Waals surface area contributed by atoms with Crippen LogP contribution in [-0.2, 0) is 14.3 Å². The fourth-order valence-corrected chi connectivity index (χ4v) is 2.69. The number of hydrogen-bond donors (Lipinski definition) is 1. The summed E-state index contributed by atoms with van der Waals surface area (Å²) in [6.45, 7) is 5.45. The van der Waals surface area contributed by atoms with Crippen molar-refractivity contribution in [2.24, 2.45) is 0 Å². The fourth-order valence-electron chi connectivity index (χ4n) is 2.69. The lowest BCUT2D eigenvalue weighted by molar-refractivity contribution is -0.142. The summed E-state index contributed by atoms with van der Waals surface area (Å²) in [5.41, 5.74) is 0. The van der Waals surface area contributed by atoms with Crippen LogP contribution in [0.2, 0.25) is 0 Å². The van der Waals surface area contributed by atoms with Crippen molar-refractivity contribution in [2.75, 3.05) is 6.61 Å². The standard InChI is InChI=1S/C12H17NO5/c1-3-4-17-12(16)13-8-5-7(2)18-10(8)6-9(13)11(14)15/h3,7-10H,1,4-6H2,2H3,(H,14,15)/t7-,8+,9+,10+/m1/s1. The van der Waals surface area contributed by atoms with E-state index in [9.17, 15) is 9.59 Å². The van der Waals surface area contributed by atoms with Crippen molar-refractivity contribution >= 4 is 12.1 Å². The quantitative estimate of drug-likeness (QED) is 0.762. The van der Waals surface area contributed by atoms with Crippen LogP contribution in [0.25, 0.3) is 0 Å². The molecule has 2 saturated heterocycles. The number of nitrogens with zero attached hydrogens (tertiary/aromatic N) is 1. The number of rotatable bonds is 3. The van der Waals surface area contributed by atoms with Crippen LogP contribution in [0.4, 0.5) is 4.79 Å². The summed E-state index contributed by atoms with van der Waals surface area (Å²) in [4.78, 5) is 24.4. The molecule has 1 amide bonds. The van der Waals surface area contributed by atoms with Crippen molar-refractivity contribution in [3.8, 4) is 0 Å². The number of carbonyl (C=O) groups excluding carboxylic acids is 1. The highest BCUT2D eigenvalue weighted by molar-refractivity contribution is 5.81. The summed E-state index contributed by atoms with van der Waals surface area (Å²) >= 11 is 0. The molecule has 2 fully saturated rings. The van der Waals surface area contributed by atoms with Crippen molar-refractivity contribution in [1.29, 1.82) is 0 Å². The SMILES string of the molecule is C=CCOC(=O)N1[C@H](C(=O)O)C[C@@H]2O[C@H](C)C[C@@H]21. The smallest absolute Gasteiger partial charge is 0.411 e. The normalized spacial score (nSPS) is 34.2. The van der Waals surface area contributed by atoms with Crippen LogP contribution in [0, 0.1) is 0 Å². The minimum absolute atomic E-state index is 0.0458. The number of carbonyl (C=O) groups is 2. The van der Waals surface area contributed by atoms with Crippen LogP contribution < -0.4 is 0 Å². The third kappa shape index (κ3) is 2.20. The molecule has 2 rings (SSSR count). The number of amides is 1. The second-order valence-corrected chi connectivity index (χ2v) is 4.65. The van der Waals surface area contributed by atoms with Gasteiger partial charge >= 0.3 is 12.1 Å². The Morgan fingerprint density at radius 2 is 2.28 bits per heavy atom. The Bertz CT molecular complexity index is 369. The van der Waals surface area contributed by atoms with Crippen LogP contribution in [0.3, 0.4) is 0 Å². The number of hydrogen-bond acceptors (Lipinski definition) is 4. The molecule has 0 bridgehead atoms. The zero-order chi connectivity index (χ0) is 13.3. The summed E-state index contributed by atoms with van der Waals surface area (Å²) in [7, 11) is 0. The topological polar surface area (TPSA) is 76.1 Å². The Hall–Kier alpha value is -1.56. The number of carboxylic acid groups (broad SMARTS) is 1. The Kier molecular flexibility index (Phi) is 3.56. The van der Waals surface area contributed by atoms with Crippen LogP contribution in [0.1, 0.15) is 19.8 Å². The van der Waals surface area contributed by atoms with E-state index >= 15 is 0 Å². The van der Waals surface area contributed by atoms with Gasteiger partial charge in [-0.1, -0.05) is 12.7 Å². The van der Waals surface area contributed by atoms with Gasteiger partial charge in [-0.3, -0.25) is 4.90 Å². The average Bonchev–Trinajstić information content (AvgIpc) is 2.81. The van der Waals surface area contributed by atoms with Gasteiger partial charge in [0.05, 0.1) is 18.2 Å². The first-order valence-corrected chi connectivity index (χ1v) is 5.98. The van der Waals surface area contributed by atoms with Crippen molar-refractivity contribution in [3.63, 3.8) is 0 Å². The maximum absolute atomic E-state index is 11.9. The highest BCUT2D eigenvalue weighted by Crippen LogP contribution is 2.36. The summed E-state index contributed by atoms with van der Waals surface area (Å²) in [6, 6.07) is -1.05. The molecule has 18 heavy (non-hydrogen) atoms. The molecule has 0 aromatic carbocycles. The highest BCUT2D eigenvalue weighted by Gasteiger charge is 2.52. The van der Waals surface area contributed by atoms with Gasteiger partial charge in [0.15, 0.2) is 0 Å². The largest absolute Gasteiger partial charge is 0.480 e. The summed E-state index contributed by atoms with van der Waals surface area (Å²) in [5.74, 6) is -1.02. The molecule has 0 unspecified atom stereocenters. The summed E-state index contributed by atoms with van der Waals surface area (Å²) < 4.78 is 10.6. The van der Waals surface area contributed by atoms with Crippen LogP contribution in [0.5, 0.6) is 0 Å². The van der Waals surface area contributed by atoms with E-state index in [1.165, 1.54) is 11.0 Å². The first-order valence-electron chi connectivity index (χ1n) is 5.98. The molecule has 0 spiro atoms. The first kappa shape index (κ1) is 12.9. The molecule has 6 heteroatoms. The van der Waals surface area contributed by atoms with E-state index in [1.807, 2.05) is 6.92 Å². The van der Waals surface area contributed by atoms with Crippen molar-refractivity contribution < 1.29 is 24.2 Å². The van der Waals surface area contributed by atoms with Gasteiger partial charge in [0.1, 0.15) is 12.6 Å². The van der Waals surface area contributed by atoms with Gasteiger partial charge in [0.2, 0.25) is 0 Å². The van der Waals surface area contributed by atoms with Crippen LogP contribution >= 0.6 is 0 Å². The second kappa shape index (κ2) is 4.97. The number of fused-ring (bicyclic) bond motifs is 1. The van der Waals surface area contributed by atoms with Crippen LogP contribution in [-0.4, -0.2) is 53.0 Å². The molecule has 0 saturated carbocycles. The first-order chi connectivity index (χ1) is 8.54. The van der Waals surface area contributed by atoms with Crippen molar-refractivity contribution in [3.05, 3.63) is 12.7 Å². The zero-order valence-corrected chi connectivity index (χ0v) is 10.2. The number of carboxylic acids is 1. The van der Waals surface area contributed by atoms with Gasteiger partial charge in [0, 0.05) is 6.42 Å². The van der Waals surface area contributed by atoms with E-state index in [2.05, 4.69) is 6.58 Å². The van der Waals surface area contributed by atoms with E-state index < -0.39 is 18.1 Å². The molecule has 2 heterocycles. The minimum atomic E-state index is -1.02. The Balaban J connectivity index is 2.13. The summed E-state index contributed by atoms with van der Waals surface area (Å²) in [5, 5.41) is 9.15. The molecule has 6 nitrogen and oxygen atoms in total. The maximum atomic E-state index is 11.9. The van der Waals surface area contributed by atoms with Gasteiger partial charge in [-0.25, -0.2) is 9.59 Å². The number of ether oxygens (including phenoxy) is 2. The van der Waals surface area contributed by atoms with Gasteiger partial charge in [-0.05, 0) is 13.3 Å². The molecular formula is C12H17NO5. The molecule has 0 radical (unpaired) electrons. The molecule has 0 aromatic rings. The third-order valence-corrected chi connectivity index (χ3v) is 3.38. The molecule has 100 valence electrons. The van der Waals surface area contributed by atoms with E-state index in [0.717, 1.165) is 0 Å². The van der Waals surface area contributed by atoms with Crippen molar-refractivity contribution in [1.82, 2.24) is 4.90 Å². The molecule has 0 aliphatic carbocycles. The zero-order valence-electron chi connectivity index (χ0n) is 10.2. The monoisotopic (exact) mass is 255 g/mol. The second-order valence-electron chi connectivity index (χ2n) is 4.65. The molecule has 1 N–H and O–H groups in total. The predicted molar refractivity (Wildman–Crippen MR) is 62.2 cm³/mol. The van der Waals surface area contributed by atoms with Gasteiger partial charge in [0.25, 0.3) is 0 Å². The lowest BCUT2D eigenvalue weighted by Gasteiger charge is -2.25. The molecule has 2 aliphatic rings. The van der Waals surface area contributed by atoms with E-state index in [-0.39, 0.29) is 24.9 Å². The molecule has 0 aromatic heterocycles. The predicted octanol–water partition coefficient (Wildman–Crippen LogP) is 1.01. The Labute approximate surface area is 105 Å². The van der Waals surface area contributed by atoms with Crippen molar-refractivity contribution in [2.45, 2.75) is 44.1 Å². The van der Waals surface area contributed by atoms with E-state index in [1.54, 1.807) is 0 Å². The Morgan fingerprint density at radius 1 is 1.56 bits per heavy atom. The maximum Gasteiger partial charge on any atom is 0.411 e.